The molecule has 5 heteroatoms. The summed E-state index contributed by atoms with van der Waals surface area (Å²) >= 11 is 0. The third-order valence-corrected chi connectivity index (χ3v) is 3.46. The van der Waals surface area contributed by atoms with Crippen LogP contribution in [-0.4, -0.2) is 37.7 Å². The van der Waals surface area contributed by atoms with Crippen molar-refractivity contribution < 1.29 is 9.53 Å². The van der Waals surface area contributed by atoms with Crippen LogP contribution in [0.15, 0.2) is 18.3 Å². The van der Waals surface area contributed by atoms with Crippen LogP contribution in [0.4, 0.5) is 5.82 Å². The molecule has 0 aromatic carbocycles. The normalized spacial score (nSPS) is 18.9. The van der Waals surface area contributed by atoms with Gasteiger partial charge in [0.25, 0.3) is 0 Å². The number of carbonyl (C=O) groups is 1. The van der Waals surface area contributed by atoms with E-state index in [9.17, 15) is 4.79 Å². The number of piperidine rings is 1. The van der Waals surface area contributed by atoms with Crippen molar-refractivity contribution in [1.29, 1.82) is 0 Å². The summed E-state index contributed by atoms with van der Waals surface area (Å²) in [5.41, 5.74) is 0.492. The number of nitrogens with zero attached hydrogens (tertiary/aromatic N) is 1. The summed E-state index contributed by atoms with van der Waals surface area (Å²) in [5, 5.41) is 6.64. The lowest BCUT2D eigenvalue weighted by molar-refractivity contribution is 0.0601. The first-order valence-corrected chi connectivity index (χ1v) is 6.79. The van der Waals surface area contributed by atoms with E-state index in [0.29, 0.717) is 17.3 Å². The molecule has 2 heterocycles. The minimum atomic E-state index is -0.352. The molecule has 2 rings (SSSR count). The molecule has 1 aliphatic rings. The van der Waals surface area contributed by atoms with Crippen LogP contribution >= 0.6 is 0 Å². The van der Waals surface area contributed by atoms with Gasteiger partial charge in [0.2, 0.25) is 0 Å². The number of hydrogen-bond donors (Lipinski definition) is 2. The van der Waals surface area contributed by atoms with Crippen LogP contribution in [0.5, 0.6) is 0 Å². The number of ether oxygens (including phenoxy) is 1. The zero-order valence-electron chi connectivity index (χ0n) is 11.3. The highest BCUT2D eigenvalue weighted by molar-refractivity contribution is 5.94. The molecule has 104 valence electrons. The maximum absolute atomic E-state index is 11.6. The number of anilines is 1. The summed E-state index contributed by atoms with van der Waals surface area (Å²) in [5.74, 6) is 0.972. The lowest BCUT2D eigenvalue weighted by atomic mass is 9.96. The molecule has 0 radical (unpaired) electrons. The van der Waals surface area contributed by atoms with Crippen molar-refractivity contribution >= 4 is 11.8 Å². The van der Waals surface area contributed by atoms with E-state index in [0.717, 1.165) is 26.1 Å². The van der Waals surface area contributed by atoms with Crippen molar-refractivity contribution in [2.45, 2.75) is 19.3 Å². The SMILES string of the molecule is COC(=O)c1cccnc1NCCC1CCCNC1. The molecule has 1 aromatic heterocycles. The van der Waals surface area contributed by atoms with Gasteiger partial charge in [-0.15, -0.1) is 0 Å². The van der Waals surface area contributed by atoms with Gasteiger partial charge >= 0.3 is 5.97 Å². The molecule has 1 fully saturated rings. The van der Waals surface area contributed by atoms with Gasteiger partial charge in [0, 0.05) is 12.7 Å². The fourth-order valence-corrected chi connectivity index (χ4v) is 2.39. The Morgan fingerprint density at radius 3 is 3.26 bits per heavy atom. The van der Waals surface area contributed by atoms with E-state index in [1.807, 2.05) is 0 Å². The van der Waals surface area contributed by atoms with Crippen molar-refractivity contribution in [2.75, 3.05) is 32.1 Å². The van der Waals surface area contributed by atoms with E-state index in [-0.39, 0.29) is 5.97 Å². The second kappa shape index (κ2) is 7.09. The molecule has 1 saturated heterocycles. The minimum absolute atomic E-state index is 0.352. The van der Waals surface area contributed by atoms with Crippen molar-refractivity contribution in [1.82, 2.24) is 10.3 Å². The van der Waals surface area contributed by atoms with Crippen molar-refractivity contribution in [3.8, 4) is 0 Å². The fourth-order valence-electron chi connectivity index (χ4n) is 2.39. The Morgan fingerprint density at radius 2 is 2.53 bits per heavy atom. The lowest BCUT2D eigenvalue weighted by Gasteiger charge is -2.22. The molecule has 19 heavy (non-hydrogen) atoms. The number of pyridine rings is 1. The molecule has 1 atom stereocenters. The average Bonchev–Trinajstić information content (AvgIpc) is 2.48. The molecule has 0 saturated carbocycles. The van der Waals surface area contributed by atoms with E-state index in [2.05, 4.69) is 15.6 Å². The first kappa shape index (κ1) is 13.8. The molecule has 0 amide bonds. The predicted molar refractivity (Wildman–Crippen MR) is 74.3 cm³/mol. The van der Waals surface area contributed by atoms with Crippen LogP contribution in [0.2, 0.25) is 0 Å². The monoisotopic (exact) mass is 263 g/mol. The van der Waals surface area contributed by atoms with Gasteiger partial charge < -0.3 is 15.4 Å². The Hall–Kier alpha value is -1.62. The number of rotatable bonds is 5. The maximum atomic E-state index is 11.6. The van der Waals surface area contributed by atoms with Gasteiger partial charge in [-0.3, -0.25) is 0 Å². The Balaban J connectivity index is 1.86. The quantitative estimate of drug-likeness (QED) is 0.791. The third-order valence-electron chi connectivity index (χ3n) is 3.46. The van der Waals surface area contributed by atoms with Gasteiger partial charge in [0.15, 0.2) is 0 Å². The number of carbonyl (C=O) groups excluding carboxylic acids is 1. The molecule has 2 N–H and O–H groups in total. The topological polar surface area (TPSA) is 63.2 Å². The number of esters is 1. The fraction of sp³-hybridized carbons (Fsp3) is 0.571. The highest BCUT2D eigenvalue weighted by Gasteiger charge is 2.14. The summed E-state index contributed by atoms with van der Waals surface area (Å²) in [6.45, 7) is 3.05. The van der Waals surface area contributed by atoms with Gasteiger partial charge in [-0.05, 0) is 50.4 Å². The van der Waals surface area contributed by atoms with Gasteiger partial charge in [-0.25, -0.2) is 9.78 Å². The number of hydrogen-bond acceptors (Lipinski definition) is 5. The first-order chi connectivity index (χ1) is 9.31. The zero-order valence-corrected chi connectivity index (χ0v) is 11.3. The highest BCUT2D eigenvalue weighted by Crippen LogP contribution is 2.16. The Bertz CT molecular complexity index is 417. The molecule has 1 aromatic rings. The number of nitrogens with one attached hydrogen (secondary N) is 2. The summed E-state index contributed by atoms with van der Waals surface area (Å²) in [6, 6.07) is 3.46. The second-order valence-electron chi connectivity index (χ2n) is 4.82. The summed E-state index contributed by atoms with van der Waals surface area (Å²) < 4.78 is 4.74. The van der Waals surface area contributed by atoms with Crippen molar-refractivity contribution in [3.05, 3.63) is 23.9 Å². The zero-order chi connectivity index (χ0) is 13.5. The summed E-state index contributed by atoms with van der Waals surface area (Å²) in [6.07, 6.45) is 5.30. The van der Waals surface area contributed by atoms with Gasteiger partial charge in [-0.2, -0.15) is 0 Å². The largest absolute Gasteiger partial charge is 0.465 e. The average molecular weight is 263 g/mol. The Labute approximate surface area is 113 Å². The molecule has 0 aliphatic carbocycles. The summed E-state index contributed by atoms with van der Waals surface area (Å²) in [7, 11) is 1.38. The van der Waals surface area contributed by atoms with Gasteiger partial charge in [-0.1, -0.05) is 0 Å². The van der Waals surface area contributed by atoms with Crippen LogP contribution < -0.4 is 10.6 Å². The van der Waals surface area contributed by atoms with E-state index in [1.165, 1.54) is 20.0 Å². The van der Waals surface area contributed by atoms with E-state index in [1.54, 1.807) is 18.3 Å². The molecule has 1 unspecified atom stereocenters. The molecular weight excluding hydrogens is 242 g/mol. The smallest absolute Gasteiger partial charge is 0.341 e. The Morgan fingerprint density at radius 1 is 1.63 bits per heavy atom. The minimum Gasteiger partial charge on any atom is -0.465 e. The number of aromatic nitrogens is 1. The van der Waals surface area contributed by atoms with Crippen molar-refractivity contribution in [2.24, 2.45) is 5.92 Å². The summed E-state index contributed by atoms with van der Waals surface area (Å²) in [4.78, 5) is 15.8. The third kappa shape index (κ3) is 3.92. The molecule has 5 nitrogen and oxygen atoms in total. The van der Waals surface area contributed by atoms with E-state index >= 15 is 0 Å². The second-order valence-corrected chi connectivity index (χ2v) is 4.82. The lowest BCUT2D eigenvalue weighted by Crippen LogP contribution is -2.30. The number of methoxy groups -OCH3 is 1. The van der Waals surface area contributed by atoms with E-state index < -0.39 is 0 Å². The van der Waals surface area contributed by atoms with Gasteiger partial charge in [0.05, 0.1) is 7.11 Å². The predicted octanol–water partition coefficient (Wildman–Crippen LogP) is 1.67. The van der Waals surface area contributed by atoms with Gasteiger partial charge in [0.1, 0.15) is 11.4 Å². The standard InChI is InChI=1S/C14H21N3O2/c1-19-14(18)12-5-3-8-16-13(12)17-9-6-11-4-2-7-15-10-11/h3,5,8,11,15H,2,4,6-7,9-10H2,1H3,(H,16,17). The Kier molecular flexibility index (Phi) is 5.15. The molecular formula is C14H21N3O2. The van der Waals surface area contributed by atoms with Crippen LogP contribution in [0.25, 0.3) is 0 Å². The highest BCUT2D eigenvalue weighted by atomic mass is 16.5. The van der Waals surface area contributed by atoms with E-state index in [4.69, 9.17) is 4.74 Å². The maximum Gasteiger partial charge on any atom is 0.341 e. The van der Waals surface area contributed by atoms with Crippen molar-refractivity contribution in [3.63, 3.8) is 0 Å². The van der Waals surface area contributed by atoms with Crippen LogP contribution in [0, 0.1) is 5.92 Å². The van der Waals surface area contributed by atoms with Crippen LogP contribution in [0.1, 0.15) is 29.6 Å². The van der Waals surface area contributed by atoms with Crippen LogP contribution in [-0.2, 0) is 4.74 Å². The van der Waals surface area contributed by atoms with Crippen LogP contribution in [0.3, 0.4) is 0 Å². The molecule has 1 aliphatic heterocycles. The molecule has 0 spiro atoms. The molecule has 0 bridgehead atoms. The first-order valence-electron chi connectivity index (χ1n) is 6.79.